The van der Waals surface area contributed by atoms with E-state index in [1.807, 2.05) is 32.9 Å². The third kappa shape index (κ3) is 3.99. The van der Waals surface area contributed by atoms with Crippen LogP contribution in [0, 0.1) is 6.92 Å². The molecule has 0 aromatic heterocycles. The van der Waals surface area contributed by atoms with E-state index in [1.165, 1.54) is 0 Å². The number of hydrogen-bond donors (Lipinski definition) is 0. The van der Waals surface area contributed by atoms with Gasteiger partial charge in [0.25, 0.3) is 0 Å². The lowest BCUT2D eigenvalue weighted by molar-refractivity contribution is 0.0728. The van der Waals surface area contributed by atoms with Crippen molar-refractivity contribution in [2.75, 3.05) is 0 Å². The SMILES string of the molecule is Cc1ccc(OC(=O)c2ccccc2OC(C)C)cc1Cl. The summed E-state index contributed by atoms with van der Waals surface area (Å²) in [5.41, 5.74) is 1.32. The lowest BCUT2D eigenvalue weighted by Gasteiger charge is -2.13. The zero-order valence-corrected chi connectivity index (χ0v) is 13.0. The second-order valence-corrected chi connectivity index (χ2v) is 5.37. The van der Waals surface area contributed by atoms with E-state index in [4.69, 9.17) is 21.1 Å². The Morgan fingerprint density at radius 2 is 1.86 bits per heavy atom. The van der Waals surface area contributed by atoms with Crippen molar-refractivity contribution in [3.05, 3.63) is 58.6 Å². The van der Waals surface area contributed by atoms with E-state index in [9.17, 15) is 4.79 Å². The highest BCUT2D eigenvalue weighted by Crippen LogP contribution is 2.25. The summed E-state index contributed by atoms with van der Waals surface area (Å²) in [5.74, 6) is 0.455. The molecule has 0 radical (unpaired) electrons. The van der Waals surface area contributed by atoms with Crippen molar-refractivity contribution in [2.24, 2.45) is 0 Å². The van der Waals surface area contributed by atoms with Gasteiger partial charge in [-0.2, -0.15) is 0 Å². The van der Waals surface area contributed by atoms with Gasteiger partial charge in [-0.25, -0.2) is 4.79 Å². The fourth-order valence-electron chi connectivity index (χ4n) is 1.79. The number of carbonyl (C=O) groups is 1. The molecule has 0 atom stereocenters. The van der Waals surface area contributed by atoms with Crippen LogP contribution in [-0.2, 0) is 0 Å². The average molecular weight is 305 g/mol. The molecule has 0 spiro atoms. The molecule has 110 valence electrons. The van der Waals surface area contributed by atoms with Crippen LogP contribution in [0.3, 0.4) is 0 Å². The lowest BCUT2D eigenvalue weighted by atomic mass is 10.2. The Balaban J connectivity index is 2.22. The molecule has 0 unspecified atom stereocenters. The zero-order chi connectivity index (χ0) is 15.4. The van der Waals surface area contributed by atoms with Gasteiger partial charge >= 0.3 is 5.97 Å². The minimum Gasteiger partial charge on any atom is -0.490 e. The number of para-hydroxylation sites is 1. The lowest BCUT2D eigenvalue weighted by Crippen LogP contribution is -2.13. The quantitative estimate of drug-likeness (QED) is 0.609. The molecule has 0 N–H and O–H groups in total. The van der Waals surface area contributed by atoms with Crippen molar-refractivity contribution in [3.63, 3.8) is 0 Å². The Bertz CT molecular complexity index is 650. The molecule has 3 nitrogen and oxygen atoms in total. The van der Waals surface area contributed by atoms with Crippen molar-refractivity contribution >= 4 is 17.6 Å². The van der Waals surface area contributed by atoms with Gasteiger partial charge in [-0.1, -0.05) is 29.8 Å². The van der Waals surface area contributed by atoms with Crippen LogP contribution in [-0.4, -0.2) is 12.1 Å². The first-order valence-corrected chi connectivity index (χ1v) is 7.09. The van der Waals surface area contributed by atoms with Crippen molar-refractivity contribution < 1.29 is 14.3 Å². The average Bonchev–Trinajstić information content (AvgIpc) is 2.43. The van der Waals surface area contributed by atoms with E-state index in [0.29, 0.717) is 22.1 Å². The molecule has 2 aromatic rings. The first-order valence-electron chi connectivity index (χ1n) is 6.71. The predicted molar refractivity (Wildman–Crippen MR) is 83.4 cm³/mol. The van der Waals surface area contributed by atoms with Crippen molar-refractivity contribution in [1.82, 2.24) is 0 Å². The van der Waals surface area contributed by atoms with Crippen LogP contribution in [0.4, 0.5) is 0 Å². The van der Waals surface area contributed by atoms with E-state index >= 15 is 0 Å². The van der Waals surface area contributed by atoms with Crippen LogP contribution in [0.2, 0.25) is 5.02 Å². The molecule has 0 saturated heterocycles. The molecule has 0 aliphatic rings. The first kappa shape index (κ1) is 15.4. The van der Waals surface area contributed by atoms with Gasteiger partial charge in [0.05, 0.1) is 6.10 Å². The number of ether oxygens (including phenoxy) is 2. The standard InChI is InChI=1S/C17H17ClO3/c1-11(2)20-16-7-5-4-6-14(16)17(19)21-13-9-8-12(3)15(18)10-13/h4-11H,1-3H3. The van der Waals surface area contributed by atoms with E-state index < -0.39 is 5.97 Å². The number of rotatable bonds is 4. The largest absolute Gasteiger partial charge is 0.490 e. The molecule has 2 rings (SSSR count). The van der Waals surface area contributed by atoms with Crippen molar-refractivity contribution in [1.29, 1.82) is 0 Å². The topological polar surface area (TPSA) is 35.5 Å². The van der Waals surface area contributed by atoms with Crippen molar-refractivity contribution in [3.8, 4) is 11.5 Å². The molecule has 0 aliphatic carbocycles. The number of carbonyl (C=O) groups excluding carboxylic acids is 1. The van der Waals surface area contributed by atoms with Crippen LogP contribution >= 0.6 is 11.6 Å². The minimum absolute atomic E-state index is 0.0206. The molecule has 0 fully saturated rings. The maximum absolute atomic E-state index is 12.3. The highest BCUT2D eigenvalue weighted by Gasteiger charge is 2.15. The maximum atomic E-state index is 12.3. The van der Waals surface area contributed by atoms with Gasteiger partial charge in [0, 0.05) is 5.02 Å². The normalized spacial score (nSPS) is 10.5. The summed E-state index contributed by atoms with van der Waals surface area (Å²) in [4.78, 5) is 12.3. The van der Waals surface area contributed by atoms with Gasteiger partial charge in [-0.15, -0.1) is 0 Å². The molecule has 21 heavy (non-hydrogen) atoms. The van der Waals surface area contributed by atoms with E-state index in [-0.39, 0.29) is 6.10 Å². The van der Waals surface area contributed by atoms with E-state index in [1.54, 1.807) is 30.3 Å². The summed E-state index contributed by atoms with van der Waals surface area (Å²) in [5, 5.41) is 0.562. The summed E-state index contributed by atoms with van der Waals surface area (Å²) in [7, 11) is 0. The second-order valence-electron chi connectivity index (χ2n) is 4.96. The number of esters is 1. The van der Waals surface area contributed by atoms with Gasteiger partial charge in [0.1, 0.15) is 17.1 Å². The number of hydrogen-bond acceptors (Lipinski definition) is 3. The first-order chi connectivity index (χ1) is 9.97. The number of benzene rings is 2. The fraction of sp³-hybridized carbons (Fsp3) is 0.235. The smallest absolute Gasteiger partial charge is 0.347 e. The molecule has 0 amide bonds. The molecule has 2 aromatic carbocycles. The van der Waals surface area contributed by atoms with Crippen LogP contribution in [0.1, 0.15) is 29.8 Å². The van der Waals surface area contributed by atoms with Crippen LogP contribution in [0.15, 0.2) is 42.5 Å². The van der Waals surface area contributed by atoms with Gasteiger partial charge in [-0.05, 0) is 50.6 Å². The molecule has 0 saturated carbocycles. The third-order valence-corrected chi connectivity index (χ3v) is 3.23. The fourth-order valence-corrected chi connectivity index (χ4v) is 1.96. The van der Waals surface area contributed by atoms with E-state index in [0.717, 1.165) is 5.56 Å². The molecule has 0 bridgehead atoms. The van der Waals surface area contributed by atoms with Gasteiger partial charge in [0.2, 0.25) is 0 Å². The van der Waals surface area contributed by atoms with Crippen LogP contribution < -0.4 is 9.47 Å². The van der Waals surface area contributed by atoms with Gasteiger partial charge < -0.3 is 9.47 Å². The van der Waals surface area contributed by atoms with Gasteiger partial charge in [-0.3, -0.25) is 0 Å². The number of aryl methyl sites for hydroxylation is 1. The highest BCUT2D eigenvalue weighted by atomic mass is 35.5. The molecular formula is C17H17ClO3. The molecule has 4 heteroatoms. The van der Waals surface area contributed by atoms with E-state index in [2.05, 4.69) is 0 Å². The molecular weight excluding hydrogens is 288 g/mol. The summed E-state index contributed by atoms with van der Waals surface area (Å²) < 4.78 is 11.0. The maximum Gasteiger partial charge on any atom is 0.347 e. The zero-order valence-electron chi connectivity index (χ0n) is 12.2. The highest BCUT2D eigenvalue weighted by molar-refractivity contribution is 6.31. The molecule has 0 heterocycles. The Morgan fingerprint density at radius 1 is 1.14 bits per heavy atom. The Hall–Kier alpha value is -2.00. The Kier molecular flexibility index (Phi) is 4.86. The summed E-state index contributed by atoms with van der Waals surface area (Å²) in [6.45, 7) is 5.70. The number of halogens is 1. The predicted octanol–water partition coefficient (Wildman–Crippen LogP) is 4.65. The molecule has 0 aliphatic heterocycles. The second kappa shape index (κ2) is 6.64. The summed E-state index contributed by atoms with van der Waals surface area (Å²) in [6.07, 6.45) is -0.0206. The van der Waals surface area contributed by atoms with Crippen LogP contribution in [0.25, 0.3) is 0 Å². The van der Waals surface area contributed by atoms with Crippen LogP contribution in [0.5, 0.6) is 11.5 Å². The van der Waals surface area contributed by atoms with Gasteiger partial charge in [0.15, 0.2) is 0 Å². The Morgan fingerprint density at radius 3 is 2.52 bits per heavy atom. The summed E-state index contributed by atoms with van der Waals surface area (Å²) >= 11 is 6.03. The third-order valence-electron chi connectivity index (χ3n) is 2.82. The minimum atomic E-state index is -0.467. The monoisotopic (exact) mass is 304 g/mol. The summed E-state index contributed by atoms with van der Waals surface area (Å²) in [6, 6.07) is 12.2. The van der Waals surface area contributed by atoms with Crippen molar-refractivity contribution in [2.45, 2.75) is 26.9 Å². The Labute approximate surface area is 129 Å².